The molecule has 0 saturated carbocycles. The summed E-state index contributed by atoms with van der Waals surface area (Å²) < 4.78 is 0. The van der Waals surface area contributed by atoms with Crippen molar-refractivity contribution in [1.29, 1.82) is 0 Å². The van der Waals surface area contributed by atoms with E-state index in [-0.39, 0.29) is 0 Å². The summed E-state index contributed by atoms with van der Waals surface area (Å²) in [6.45, 7) is 11.4. The number of nitrogens with zero attached hydrogens (tertiary/aromatic N) is 1. The molecule has 20 heavy (non-hydrogen) atoms. The van der Waals surface area contributed by atoms with E-state index in [0.717, 1.165) is 11.8 Å². The van der Waals surface area contributed by atoms with Gasteiger partial charge in [0.05, 0.1) is 0 Å². The van der Waals surface area contributed by atoms with E-state index in [9.17, 15) is 0 Å². The van der Waals surface area contributed by atoms with Crippen LogP contribution in [-0.4, -0.2) is 42.1 Å². The highest BCUT2D eigenvalue weighted by Crippen LogP contribution is 2.21. The van der Waals surface area contributed by atoms with Crippen LogP contribution in [0.25, 0.3) is 0 Å². The summed E-state index contributed by atoms with van der Waals surface area (Å²) in [5.74, 6) is 1.29. The Morgan fingerprint density at radius 3 is 2.75 bits per heavy atom. The second-order valence-corrected chi connectivity index (χ2v) is 7.34. The molecule has 1 aliphatic heterocycles. The number of nitrogens with one attached hydrogen (secondary N) is 1. The van der Waals surface area contributed by atoms with Gasteiger partial charge in [0.15, 0.2) is 0 Å². The summed E-state index contributed by atoms with van der Waals surface area (Å²) in [5.41, 5.74) is 2.77. The Morgan fingerprint density at radius 2 is 2.10 bits per heavy atom. The molecule has 0 spiro atoms. The molecule has 1 aromatic carbocycles. The molecule has 112 valence electrons. The van der Waals surface area contributed by atoms with Crippen molar-refractivity contribution in [2.75, 3.05) is 31.9 Å². The Bertz CT molecular complexity index is 390. The van der Waals surface area contributed by atoms with Gasteiger partial charge >= 0.3 is 0 Å². The molecule has 1 aliphatic rings. The van der Waals surface area contributed by atoms with E-state index >= 15 is 0 Å². The van der Waals surface area contributed by atoms with Crippen molar-refractivity contribution in [2.24, 2.45) is 0 Å². The van der Waals surface area contributed by atoms with Crippen LogP contribution in [0.15, 0.2) is 24.3 Å². The lowest BCUT2D eigenvalue weighted by atomic mass is 10.0. The first-order valence-electron chi connectivity index (χ1n) is 7.83. The molecular weight excluding hydrogens is 264 g/mol. The Morgan fingerprint density at radius 1 is 1.35 bits per heavy atom. The number of hydrogen-bond acceptors (Lipinski definition) is 3. The molecule has 1 N–H and O–H groups in total. The minimum Gasteiger partial charge on any atom is -0.310 e. The maximum atomic E-state index is 3.64. The predicted octanol–water partition coefficient (Wildman–Crippen LogP) is 3.47. The van der Waals surface area contributed by atoms with Gasteiger partial charge in [0, 0.05) is 36.7 Å². The van der Waals surface area contributed by atoms with Crippen LogP contribution in [-0.2, 0) is 0 Å². The smallest absolute Gasteiger partial charge is 0.0332 e. The van der Waals surface area contributed by atoms with E-state index in [1.54, 1.807) is 0 Å². The van der Waals surface area contributed by atoms with Gasteiger partial charge in [-0.05, 0) is 25.5 Å². The molecule has 1 fully saturated rings. The van der Waals surface area contributed by atoms with Gasteiger partial charge in [0.1, 0.15) is 0 Å². The van der Waals surface area contributed by atoms with Crippen LogP contribution in [0.3, 0.4) is 0 Å². The van der Waals surface area contributed by atoms with Crippen molar-refractivity contribution in [3.05, 3.63) is 35.4 Å². The fraction of sp³-hybridized carbons (Fsp3) is 0.647. The lowest BCUT2D eigenvalue weighted by Crippen LogP contribution is -2.38. The van der Waals surface area contributed by atoms with Crippen molar-refractivity contribution in [2.45, 2.75) is 38.5 Å². The van der Waals surface area contributed by atoms with Crippen LogP contribution in [0, 0.1) is 6.92 Å². The molecule has 0 aliphatic carbocycles. The van der Waals surface area contributed by atoms with Crippen LogP contribution < -0.4 is 5.32 Å². The van der Waals surface area contributed by atoms with Gasteiger partial charge in [0.25, 0.3) is 0 Å². The second-order valence-electron chi connectivity index (χ2n) is 5.79. The zero-order valence-corrected chi connectivity index (χ0v) is 13.9. The van der Waals surface area contributed by atoms with Gasteiger partial charge in [-0.3, -0.25) is 0 Å². The SMILES string of the molecule is CCNC(CCN1CCSC(C)C1)c1ccc(C)cc1. The van der Waals surface area contributed by atoms with Crippen LogP contribution in [0.2, 0.25) is 0 Å². The predicted molar refractivity (Wildman–Crippen MR) is 90.6 cm³/mol. The molecule has 0 amide bonds. The Balaban J connectivity index is 1.90. The molecule has 1 heterocycles. The van der Waals surface area contributed by atoms with Gasteiger partial charge in [0.2, 0.25) is 0 Å². The topological polar surface area (TPSA) is 15.3 Å². The summed E-state index contributed by atoms with van der Waals surface area (Å²) in [6.07, 6.45) is 1.20. The number of benzene rings is 1. The quantitative estimate of drug-likeness (QED) is 0.864. The van der Waals surface area contributed by atoms with Gasteiger partial charge < -0.3 is 10.2 Å². The Hall–Kier alpha value is -0.510. The molecule has 2 rings (SSSR count). The monoisotopic (exact) mass is 292 g/mol. The van der Waals surface area contributed by atoms with Crippen molar-refractivity contribution in [1.82, 2.24) is 10.2 Å². The lowest BCUT2D eigenvalue weighted by molar-refractivity contribution is 0.268. The van der Waals surface area contributed by atoms with E-state index in [2.05, 4.69) is 67.0 Å². The normalized spacial score (nSPS) is 21.9. The molecule has 0 bridgehead atoms. The van der Waals surface area contributed by atoms with Crippen LogP contribution in [0.1, 0.15) is 37.4 Å². The highest BCUT2D eigenvalue weighted by molar-refractivity contribution is 7.99. The Kier molecular flexibility index (Phi) is 6.40. The molecule has 1 aromatic rings. The van der Waals surface area contributed by atoms with Crippen molar-refractivity contribution >= 4 is 11.8 Å². The third-order valence-corrected chi connectivity index (χ3v) is 5.13. The first-order valence-corrected chi connectivity index (χ1v) is 8.88. The summed E-state index contributed by atoms with van der Waals surface area (Å²) in [6, 6.07) is 9.48. The number of rotatable bonds is 6. The third kappa shape index (κ3) is 4.80. The third-order valence-electron chi connectivity index (χ3n) is 3.99. The molecule has 3 heteroatoms. The average Bonchev–Trinajstić information content (AvgIpc) is 2.44. The summed E-state index contributed by atoms with van der Waals surface area (Å²) in [4.78, 5) is 2.62. The van der Waals surface area contributed by atoms with E-state index in [4.69, 9.17) is 0 Å². The zero-order chi connectivity index (χ0) is 14.4. The first kappa shape index (κ1) is 15.9. The van der Waals surface area contributed by atoms with Crippen molar-refractivity contribution in [3.8, 4) is 0 Å². The van der Waals surface area contributed by atoms with Gasteiger partial charge in [-0.2, -0.15) is 11.8 Å². The summed E-state index contributed by atoms with van der Waals surface area (Å²) >= 11 is 2.11. The minimum absolute atomic E-state index is 0.491. The van der Waals surface area contributed by atoms with Gasteiger partial charge in [-0.1, -0.05) is 43.7 Å². The molecule has 2 atom stereocenters. The zero-order valence-electron chi connectivity index (χ0n) is 13.1. The lowest BCUT2D eigenvalue weighted by Gasteiger charge is -2.31. The molecule has 1 saturated heterocycles. The Labute approximate surface area is 128 Å². The van der Waals surface area contributed by atoms with E-state index in [1.165, 1.54) is 42.9 Å². The van der Waals surface area contributed by atoms with Crippen molar-refractivity contribution in [3.63, 3.8) is 0 Å². The molecule has 0 aromatic heterocycles. The molecular formula is C17H28N2S. The molecule has 0 radical (unpaired) electrons. The van der Waals surface area contributed by atoms with E-state index in [1.807, 2.05) is 0 Å². The average molecular weight is 292 g/mol. The standard InChI is InChI=1S/C17H28N2S/c1-4-18-17(16-7-5-14(2)6-8-16)9-10-19-11-12-20-15(3)13-19/h5-8,15,17-18H,4,9-13H2,1-3H3. The number of aryl methyl sites for hydroxylation is 1. The molecule has 2 nitrogen and oxygen atoms in total. The number of thioether (sulfide) groups is 1. The van der Waals surface area contributed by atoms with Crippen LogP contribution in [0.5, 0.6) is 0 Å². The van der Waals surface area contributed by atoms with E-state index in [0.29, 0.717) is 6.04 Å². The fourth-order valence-corrected chi connectivity index (χ4v) is 3.92. The van der Waals surface area contributed by atoms with E-state index < -0.39 is 0 Å². The highest BCUT2D eigenvalue weighted by atomic mass is 32.2. The highest BCUT2D eigenvalue weighted by Gasteiger charge is 2.18. The molecule has 2 unspecified atom stereocenters. The summed E-state index contributed by atoms with van der Waals surface area (Å²) in [7, 11) is 0. The largest absolute Gasteiger partial charge is 0.310 e. The van der Waals surface area contributed by atoms with Crippen LogP contribution in [0.4, 0.5) is 0 Å². The maximum Gasteiger partial charge on any atom is 0.0332 e. The van der Waals surface area contributed by atoms with Gasteiger partial charge in [-0.15, -0.1) is 0 Å². The minimum atomic E-state index is 0.491. The summed E-state index contributed by atoms with van der Waals surface area (Å²) in [5, 5.41) is 4.43. The fourth-order valence-electron chi connectivity index (χ4n) is 2.84. The second kappa shape index (κ2) is 8.06. The van der Waals surface area contributed by atoms with Gasteiger partial charge in [-0.25, -0.2) is 0 Å². The maximum absolute atomic E-state index is 3.64. The number of hydrogen-bond donors (Lipinski definition) is 1. The first-order chi connectivity index (χ1) is 9.69. The van der Waals surface area contributed by atoms with Crippen LogP contribution >= 0.6 is 11.8 Å². The van der Waals surface area contributed by atoms with Crippen molar-refractivity contribution < 1.29 is 0 Å².